The Bertz CT molecular complexity index is 801. The topological polar surface area (TPSA) is 82.6 Å². The van der Waals surface area contributed by atoms with Crippen molar-refractivity contribution in [1.29, 1.82) is 0 Å². The molecule has 0 radical (unpaired) electrons. The molecule has 1 aliphatic rings. The predicted octanol–water partition coefficient (Wildman–Crippen LogP) is 3.85. The third-order valence-electron chi connectivity index (χ3n) is 3.37. The lowest BCUT2D eigenvalue weighted by Gasteiger charge is -2.27. The fraction of sp³-hybridized carbons (Fsp3) is 0.188. The van der Waals surface area contributed by atoms with Crippen molar-refractivity contribution in [3.63, 3.8) is 0 Å². The minimum atomic E-state index is -0.516. The van der Waals surface area contributed by atoms with Crippen LogP contribution < -0.4 is 4.74 Å². The van der Waals surface area contributed by atoms with E-state index in [2.05, 4.69) is 0 Å². The number of carbonyl (C=O) groups is 1. The monoisotopic (exact) mass is 299 g/mol. The van der Waals surface area contributed by atoms with Crippen LogP contribution in [-0.2, 0) is 0 Å². The highest BCUT2D eigenvalue weighted by molar-refractivity contribution is 5.79. The van der Waals surface area contributed by atoms with Gasteiger partial charge in [-0.05, 0) is 38.1 Å². The van der Waals surface area contributed by atoms with Crippen LogP contribution in [0.2, 0.25) is 0 Å². The number of benzene rings is 1. The van der Waals surface area contributed by atoms with Crippen LogP contribution in [0, 0.1) is 10.1 Å². The van der Waals surface area contributed by atoms with Gasteiger partial charge in [0.1, 0.15) is 17.1 Å². The number of nitro groups is 1. The Kier molecular flexibility index (Phi) is 3.09. The SMILES string of the molecule is CC1(C)C=Cc2cc(-c3ccc(C=O)o3)c([N+](=O)[O-])cc2O1. The quantitative estimate of drug-likeness (QED) is 0.488. The molecular weight excluding hydrogens is 286 g/mol. The van der Waals surface area contributed by atoms with Crippen LogP contribution in [0.25, 0.3) is 17.4 Å². The van der Waals surface area contributed by atoms with Gasteiger partial charge in [0.05, 0.1) is 16.6 Å². The van der Waals surface area contributed by atoms with Crippen molar-refractivity contribution < 1.29 is 18.9 Å². The molecule has 1 aliphatic heterocycles. The van der Waals surface area contributed by atoms with Gasteiger partial charge in [-0.15, -0.1) is 0 Å². The number of ether oxygens (including phenoxy) is 1. The second-order valence-corrected chi connectivity index (χ2v) is 5.52. The van der Waals surface area contributed by atoms with Gasteiger partial charge in [0.15, 0.2) is 12.0 Å². The average molecular weight is 299 g/mol. The minimum Gasteiger partial charge on any atom is -0.483 e. The Hall–Kier alpha value is -2.89. The van der Waals surface area contributed by atoms with E-state index in [0.29, 0.717) is 17.6 Å². The number of fused-ring (bicyclic) bond motifs is 1. The molecule has 3 rings (SSSR count). The number of furan rings is 1. The van der Waals surface area contributed by atoms with Gasteiger partial charge in [-0.1, -0.05) is 6.08 Å². The summed E-state index contributed by atoms with van der Waals surface area (Å²) in [5.74, 6) is 0.842. The molecule has 0 saturated heterocycles. The standard InChI is InChI=1S/C16H13NO5/c1-16(2)6-5-10-7-12(14-4-3-11(9-18)21-14)13(17(19)20)8-15(10)22-16/h3-9H,1-2H3. The van der Waals surface area contributed by atoms with Crippen molar-refractivity contribution in [1.82, 2.24) is 0 Å². The van der Waals surface area contributed by atoms with Crippen molar-refractivity contribution in [2.75, 3.05) is 0 Å². The van der Waals surface area contributed by atoms with Crippen molar-refractivity contribution in [3.05, 3.63) is 51.8 Å². The molecule has 112 valence electrons. The van der Waals surface area contributed by atoms with E-state index in [0.717, 1.165) is 5.56 Å². The van der Waals surface area contributed by atoms with Crippen LogP contribution in [-0.4, -0.2) is 16.8 Å². The second kappa shape index (κ2) is 4.84. The Morgan fingerprint density at radius 1 is 1.27 bits per heavy atom. The third kappa shape index (κ3) is 2.39. The molecule has 0 aliphatic carbocycles. The first-order chi connectivity index (χ1) is 10.4. The Labute approximate surface area is 126 Å². The van der Waals surface area contributed by atoms with Crippen LogP contribution in [0.4, 0.5) is 5.69 Å². The third-order valence-corrected chi connectivity index (χ3v) is 3.37. The summed E-state index contributed by atoms with van der Waals surface area (Å²) in [6.07, 6.45) is 4.29. The average Bonchev–Trinajstić information content (AvgIpc) is 2.93. The molecule has 0 amide bonds. The molecule has 2 heterocycles. The maximum absolute atomic E-state index is 11.3. The van der Waals surface area contributed by atoms with Gasteiger partial charge >= 0.3 is 0 Å². The molecule has 2 aromatic rings. The van der Waals surface area contributed by atoms with E-state index in [1.807, 2.05) is 26.0 Å². The van der Waals surface area contributed by atoms with Crippen molar-refractivity contribution in [2.45, 2.75) is 19.4 Å². The summed E-state index contributed by atoms with van der Waals surface area (Å²) in [5.41, 5.74) is 0.392. The van der Waals surface area contributed by atoms with Crippen LogP contribution in [0.1, 0.15) is 30.0 Å². The number of hydrogen-bond acceptors (Lipinski definition) is 5. The van der Waals surface area contributed by atoms with Crippen LogP contribution in [0.3, 0.4) is 0 Å². The fourth-order valence-corrected chi connectivity index (χ4v) is 2.32. The van der Waals surface area contributed by atoms with Gasteiger partial charge in [0, 0.05) is 5.56 Å². The lowest BCUT2D eigenvalue weighted by atomic mass is 9.99. The molecule has 0 N–H and O–H groups in total. The number of rotatable bonds is 3. The highest BCUT2D eigenvalue weighted by Crippen LogP contribution is 2.40. The summed E-state index contributed by atoms with van der Waals surface area (Å²) in [7, 11) is 0. The zero-order valence-corrected chi connectivity index (χ0v) is 12.0. The largest absolute Gasteiger partial charge is 0.483 e. The van der Waals surface area contributed by atoms with Crippen molar-refractivity contribution in [3.8, 4) is 17.1 Å². The van der Waals surface area contributed by atoms with Gasteiger partial charge in [-0.2, -0.15) is 0 Å². The summed E-state index contributed by atoms with van der Waals surface area (Å²) in [4.78, 5) is 21.6. The zero-order chi connectivity index (χ0) is 15.9. The highest BCUT2D eigenvalue weighted by atomic mass is 16.6. The molecule has 22 heavy (non-hydrogen) atoms. The van der Waals surface area contributed by atoms with Gasteiger partial charge in [-0.25, -0.2) is 0 Å². The first-order valence-electron chi connectivity index (χ1n) is 6.66. The minimum absolute atomic E-state index is 0.120. The molecule has 0 fully saturated rings. The second-order valence-electron chi connectivity index (χ2n) is 5.52. The van der Waals surface area contributed by atoms with Crippen molar-refractivity contribution >= 4 is 18.0 Å². The van der Waals surface area contributed by atoms with E-state index < -0.39 is 10.5 Å². The zero-order valence-electron chi connectivity index (χ0n) is 12.0. The molecule has 1 aromatic heterocycles. The predicted molar refractivity (Wildman–Crippen MR) is 79.9 cm³/mol. The number of aldehydes is 1. The maximum atomic E-state index is 11.3. The summed E-state index contributed by atoms with van der Waals surface area (Å²) in [5, 5.41) is 11.3. The van der Waals surface area contributed by atoms with E-state index >= 15 is 0 Å². The summed E-state index contributed by atoms with van der Waals surface area (Å²) >= 11 is 0. The normalized spacial score (nSPS) is 15.0. The smallest absolute Gasteiger partial charge is 0.284 e. The maximum Gasteiger partial charge on any atom is 0.284 e. The van der Waals surface area contributed by atoms with Crippen molar-refractivity contribution in [2.24, 2.45) is 0 Å². The van der Waals surface area contributed by atoms with Gasteiger partial charge < -0.3 is 9.15 Å². The molecule has 0 atom stereocenters. The number of carbonyl (C=O) groups excluding carboxylic acids is 1. The van der Waals surface area contributed by atoms with E-state index in [1.54, 1.807) is 6.07 Å². The Morgan fingerprint density at radius 3 is 2.68 bits per heavy atom. The molecule has 0 saturated carbocycles. The summed E-state index contributed by atoms with van der Waals surface area (Å²) in [6.45, 7) is 3.74. The Balaban J connectivity index is 2.18. The molecule has 6 nitrogen and oxygen atoms in total. The van der Waals surface area contributed by atoms with E-state index in [1.165, 1.54) is 18.2 Å². The molecular formula is C16H13NO5. The first-order valence-corrected chi connectivity index (χ1v) is 6.66. The first kappa shape index (κ1) is 14.1. The number of hydrogen-bond donors (Lipinski definition) is 0. The lowest BCUT2D eigenvalue weighted by molar-refractivity contribution is -0.384. The van der Waals surface area contributed by atoms with E-state index in [9.17, 15) is 14.9 Å². The van der Waals surface area contributed by atoms with Gasteiger partial charge in [0.2, 0.25) is 0 Å². The van der Waals surface area contributed by atoms with Gasteiger partial charge in [0.25, 0.3) is 5.69 Å². The lowest BCUT2D eigenvalue weighted by Crippen LogP contribution is -2.27. The van der Waals surface area contributed by atoms with E-state index in [4.69, 9.17) is 9.15 Å². The molecule has 0 spiro atoms. The van der Waals surface area contributed by atoms with Crippen LogP contribution >= 0.6 is 0 Å². The number of nitro benzene ring substituents is 1. The highest BCUT2D eigenvalue weighted by Gasteiger charge is 2.27. The summed E-state index contributed by atoms with van der Waals surface area (Å²) < 4.78 is 11.1. The van der Waals surface area contributed by atoms with E-state index in [-0.39, 0.29) is 17.2 Å². The van der Waals surface area contributed by atoms with Crippen LogP contribution in [0.5, 0.6) is 5.75 Å². The summed E-state index contributed by atoms with van der Waals surface area (Å²) in [6, 6.07) is 6.03. The molecule has 0 bridgehead atoms. The van der Waals surface area contributed by atoms with Crippen LogP contribution in [0.15, 0.2) is 34.8 Å². The fourth-order valence-electron chi connectivity index (χ4n) is 2.32. The molecule has 0 unspecified atom stereocenters. The Morgan fingerprint density at radius 2 is 2.05 bits per heavy atom. The van der Waals surface area contributed by atoms with Gasteiger partial charge in [-0.3, -0.25) is 14.9 Å². The molecule has 6 heteroatoms. The molecule has 1 aromatic carbocycles. The number of nitrogens with zero attached hydrogens (tertiary/aromatic N) is 1.